The molecule has 1 heterocycles. The molecule has 0 unspecified atom stereocenters. The van der Waals surface area contributed by atoms with Crippen molar-refractivity contribution in [2.45, 2.75) is 4.90 Å². The van der Waals surface area contributed by atoms with Gasteiger partial charge in [0.05, 0.1) is 11.2 Å². The van der Waals surface area contributed by atoms with E-state index in [0.717, 1.165) is 0 Å². The third kappa shape index (κ3) is 3.38. The van der Waals surface area contributed by atoms with Crippen LogP contribution in [0.15, 0.2) is 59.5 Å². The lowest BCUT2D eigenvalue weighted by Crippen LogP contribution is -2.16. The van der Waals surface area contributed by atoms with E-state index in [1.165, 1.54) is 28.9 Å². The molecule has 2 aromatic carbocycles. The van der Waals surface area contributed by atoms with Gasteiger partial charge >= 0.3 is 5.82 Å². The Morgan fingerprint density at radius 3 is 2.36 bits per heavy atom. The lowest BCUT2D eigenvalue weighted by atomic mass is 10.1. The van der Waals surface area contributed by atoms with Gasteiger partial charge in [-0.05, 0) is 29.2 Å². The first-order valence-electron chi connectivity index (χ1n) is 6.90. The number of halogens is 1. The Bertz CT molecular complexity index is 1060. The molecule has 3 aromatic rings. The normalized spacial score (nSPS) is 11.4. The van der Waals surface area contributed by atoms with E-state index in [-0.39, 0.29) is 10.6 Å². The van der Waals surface area contributed by atoms with Crippen molar-refractivity contribution in [2.24, 2.45) is 5.14 Å². The molecule has 0 fully saturated rings. The Morgan fingerprint density at radius 2 is 1.76 bits per heavy atom. The summed E-state index contributed by atoms with van der Waals surface area (Å²) in [7, 11) is -4.05. The van der Waals surface area contributed by atoms with Gasteiger partial charge in [-0.15, -0.1) is 4.68 Å². The van der Waals surface area contributed by atoms with E-state index in [1.54, 1.807) is 30.3 Å². The molecule has 8 nitrogen and oxygen atoms in total. The van der Waals surface area contributed by atoms with E-state index in [4.69, 9.17) is 16.7 Å². The average Bonchev–Trinajstić information content (AvgIpc) is 3.00. The highest BCUT2D eigenvalue weighted by Crippen LogP contribution is 2.30. The summed E-state index contributed by atoms with van der Waals surface area (Å²) in [6, 6.07) is 13.7. The topological polar surface area (TPSA) is 121 Å². The van der Waals surface area contributed by atoms with Gasteiger partial charge in [0.2, 0.25) is 10.0 Å². The first-order chi connectivity index (χ1) is 11.8. The van der Waals surface area contributed by atoms with E-state index in [0.29, 0.717) is 16.3 Å². The molecule has 0 atom stereocenters. The molecule has 0 aliphatic rings. The van der Waals surface area contributed by atoms with Gasteiger partial charge < -0.3 is 10.1 Å². The summed E-state index contributed by atoms with van der Waals surface area (Å²) in [5, 5.41) is 20.8. The number of para-hydroxylation sites is 1. The van der Waals surface area contributed by atoms with Crippen LogP contribution in [0.4, 0.5) is 5.82 Å². The van der Waals surface area contributed by atoms with Crippen LogP contribution in [0.3, 0.4) is 0 Å². The summed E-state index contributed by atoms with van der Waals surface area (Å²) < 4.78 is 24.9. The second-order valence-corrected chi connectivity index (χ2v) is 7.04. The number of aromatic nitrogens is 2. The molecule has 10 heteroatoms. The molecule has 0 spiro atoms. The minimum Gasteiger partial charge on any atom is -0.358 e. The van der Waals surface area contributed by atoms with Crippen LogP contribution in [0.1, 0.15) is 0 Å². The van der Waals surface area contributed by atoms with Crippen LogP contribution in [0, 0.1) is 10.1 Å². The van der Waals surface area contributed by atoms with E-state index >= 15 is 0 Å². The van der Waals surface area contributed by atoms with Gasteiger partial charge in [-0.2, -0.15) is 0 Å². The second-order valence-electron chi connectivity index (χ2n) is 5.08. The van der Waals surface area contributed by atoms with E-state index in [9.17, 15) is 18.5 Å². The van der Waals surface area contributed by atoms with Crippen molar-refractivity contribution in [1.29, 1.82) is 0 Å². The highest BCUT2D eigenvalue weighted by atomic mass is 35.5. The van der Waals surface area contributed by atoms with E-state index < -0.39 is 20.8 Å². The molecule has 0 aliphatic heterocycles. The molecule has 0 bridgehead atoms. The smallest absolute Gasteiger partial charge is 0.358 e. The van der Waals surface area contributed by atoms with Gasteiger partial charge in [-0.25, -0.2) is 13.6 Å². The van der Waals surface area contributed by atoms with Gasteiger partial charge in [0.25, 0.3) is 0 Å². The fourth-order valence-electron chi connectivity index (χ4n) is 2.34. The predicted molar refractivity (Wildman–Crippen MR) is 92.0 cm³/mol. The summed E-state index contributed by atoms with van der Waals surface area (Å²) in [5.74, 6) is -0.422. The van der Waals surface area contributed by atoms with Crippen LogP contribution in [0.2, 0.25) is 5.02 Å². The molecule has 0 aliphatic carbocycles. The van der Waals surface area contributed by atoms with Gasteiger partial charge in [0.15, 0.2) is 0 Å². The monoisotopic (exact) mass is 378 g/mol. The maximum absolute atomic E-state index is 11.8. The van der Waals surface area contributed by atoms with Crippen molar-refractivity contribution in [2.75, 3.05) is 0 Å². The number of hydrogen-bond acceptors (Lipinski definition) is 5. The fraction of sp³-hybridized carbons (Fsp3) is 0. The Kier molecular flexibility index (Phi) is 4.29. The van der Waals surface area contributed by atoms with Crippen LogP contribution >= 0.6 is 11.6 Å². The summed E-state index contributed by atoms with van der Waals surface area (Å²) in [5.41, 5.74) is 1.02. The minimum atomic E-state index is -4.05. The standard InChI is InChI=1S/C15H11ClN4O4S/c16-11-7-5-10(6-8-11)13-9-15(20(21)22)18-19(13)12-3-1-2-4-14(12)25(17,23)24/h1-9H,(H2,17,23,24). The molecular weight excluding hydrogens is 368 g/mol. The highest BCUT2D eigenvalue weighted by molar-refractivity contribution is 7.89. The quantitative estimate of drug-likeness (QED) is 0.552. The van der Waals surface area contributed by atoms with Gasteiger partial charge in [0, 0.05) is 10.6 Å². The van der Waals surface area contributed by atoms with Crippen molar-refractivity contribution < 1.29 is 13.3 Å². The zero-order valence-corrected chi connectivity index (χ0v) is 14.1. The maximum atomic E-state index is 11.8. The lowest BCUT2D eigenvalue weighted by Gasteiger charge is -2.08. The van der Waals surface area contributed by atoms with Crippen LogP contribution in [0.25, 0.3) is 16.9 Å². The number of rotatable bonds is 4. The number of nitrogens with zero attached hydrogens (tertiary/aromatic N) is 3. The van der Waals surface area contributed by atoms with Crippen molar-refractivity contribution in [3.63, 3.8) is 0 Å². The van der Waals surface area contributed by atoms with Crippen molar-refractivity contribution in [3.05, 3.63) is 69.7 Å². The average molecular weight is 379 g/mol. The first-order valence-corrected chi connectivity index (χ1v) is 8.82. The van der Waals surface area contributed by atoms with Gasteiger partial charge in [-0.3, -0.25) is 0 Å². The highest BCUT2D eigenvalue weighted by Gasteiger charge is 2.25. The summed E-state index contributed by atoms with van der Waals surface area (Å²) >= 11 is 5.87. The zero-order chi connectivity index (χ0) is 18.2. The number of hydrogen-bond donors (Lipinski definition) is 1. The zero-order valence-electron chi connectivity index (χ0n) is 12.5. The van der Waals surface area contributed by atoms with E-state index in [1.807, 2.05) is 0 Å². The summed E-state index contributed by atoms with van der Waals surface area (Å²) in [6.45, 7) is 0. The summed E-state index contributed by atoms with van der Waals surface area (Å²) in [6.07, 6.45) is 0. The molecule has 2 N–H and O–H groups in total. The van der Waals surface area contributed by atoms with Gasteiger partial charge in [0.1, 0.15) is 16.3 Å². The maximum Gasteiger partial charge on any atom is 0.391 e. The number of nitro groups is 1. The SMILES string of the molecule is NS(=O)(=O)c1ccccc1-n1nc([N+](=O)[O-])cc1-c1ccc(Cl)cc1. The Hall–Kier alpha value is -2.75. The number of sulfonamides is 1. The third-order valence-electron chi connectivity index (χ3n) is 3.42. The van der Waals surface area contributed by atoms with Crippen LogP contribution < -0.4 is 5.14 Å². The molecule has 0 radical (unpaired) electrons. The molecule has 128 valence electrons. The molecule has 3 rings (SSSR count). The molecular formula is C15H11ClN4O4S. The van der Waals surface area contributed by atoms with Gasteiger partial charge in [-0.1, -0.05) is 35.9 Å². The molecule has 25 heavy (non-hydrogen) atoms. The molecule has 0 saturated carbocycles. The predicted octanol–water partition coefficient (Wildman–Crippen LogP) is 2.75. The van der Waals surface area contributed by atoms with Crippen LogP contribution in [0.5, 0.6) is 0 Å². The van der Waals surface area contributed by atoms with Crippen LogP contribution in [-0.2, 0) is 10.0 Å². The molecule has 0 amide bonds. The Morgan fingerprint density at radius 1 is 1.12 bits per heavy atom. The fourth-order valence-corrected chi connectivity index (χ4v) is 3.18. The third-order valence-corrected chi connectivity index (χ3v) is 4.63. The number of nitrogens with two attached hydrogens (primary N) is 1. The summed E-state index contributed by atoms with van der Waals surface area (Å²) in [4.78, 5) is 10.3. The molecule has 0 saturated heterocycles. The lowest BCUT2D eigenvalue weighted by molar-refractivity contribution is -0.389. The minimum absolute atomic E-state index is 0.114. The largest absolute Gasteiger partial charge is 0.391 e. The second kappa shape index (κ2) is 6.28. The van der Waals surface area contributed by atoms with E-state index in [2.05, 4.69) is 5.10 Å². The van der Waals surface area contributed by atoms with Crippen LogP contribution in [-0.4, -0.2) is 23.1 Å². The number of primary sulfonamides is 1. The van der Waals surface area contributed by atoms with Crippen molar-refractivity contribution in [1.82, 2.24) is 9.78 Å². The van der Waals surface area contributed by atoms with Crippen molar-refractivity contribution >= 4 is 27.4 Å². The number of benzene rings is 2. The Labute approximate surface area is 147 Å². The van der Waals surface area contributed by atoms with Crippen molar-refractivity contribution in [3.8, 4) is 16.9 Å². The molecule has 1 aromatic heterocycles. The Balaban J connectivity index is 2.30. The first kappa shape index (κ1) is 17.1.